The molecule has 0 fully saturated rings. The number of hydrogen-bond acceptors (Lipinski definition) is 4. The van der Waals surface area contributed by atoms with Crippen molar-refractivity contribution < 1.29 is 4.74 Å². The number of aromatic nitrogens is 1. The molecule has 1 aromatic carbocycles. The first-order valence-electron chi connectivity index (χ1n) is 6.21. The van der Waals surface area contributed by atoms with Crippen LogP contribution in [0.15, 0.2) is 42.6 Å². The number of nitrogens with zero attached hydrogens (tertiary/aromatic N) is 2. The van der Waals surface area contributed by atoms with Crippen molar-refractivity contribution in [2.24, 2.45) is 5.73 Å². The summed E-state index contributed by atoms with van der Waals surface area (Å²) < 4.78 is 5.23. The van der Waals surface area contributed by atoms with E-state index in [0.29, 0.717) is 0 Å². The van der Waals surface area contributed by atoms with Gasteiger partial charge in [-0.2, -0.15) is 0 Å². The summed E-state index contributed by atoms with van der Waals surface area (Å²) in [7, 11) is 3.64. The second-order valence-electron chi connectivity index (χ2n) is 4.50. The van der Waals surface area contributed by atoms with Crippen molar-refractivity contribution in [3.8, 4) is 5.75 Å². The molecule has 0 saturated carbocycles. The summed E-state index contributed by atoms with van der Waals surface area (Å²) in [5.41, 5.74) is 7.88. The second kappa shape index (κ2) is 5.71. The van der Waals surface area contributed by atoms with E-state index < -0.39 is 0 Å². The van der Waals surface area contributed by atoms with Gasteiger partial charge in [0.05, 0.1) is 7.11 Å². The average molecular weight is 257 g/mol. The Morgan fingerprint density at radius 1 is 1.26 bits per heavy atom. The van der Waals surface area contributed by atoms with Crippen LogP contribution in [-0.4, -0.2) is 19.1 Å². The first-order chi connectivity index (χ1) is 9.11. The van der Waals surface area contributed by atoms with Gasteiger partial charge in [-0.15, -0.1) is 0 Å². The number of nitrogens with two attached hydrogens (primary N) is 1. The summed E-state index contributed by atoms with van der Waals surface area (Å²) in [5.74, 6) is 1.70. The van der Waals surface area contributed by atoms with E-state index in [2.05, 4.69) is 4.98 Å². The van der Waals surface area contributed by atoms with E-state index >= 15 is 0 Å². The Bertz CT molecular complexity index is 537. The van der Waals surface area contributed by atoms with Crippen molar-refractivity contribution in [2.75, 3.05) is 19.1 Å². The molecule has 1 atom stereocenters. The summed E-state index contributed by atoms with van der Waals surface area (Å²) in [6, 6.07) is 11.8. The zero-order valence-corrected chi connectivity index (χ0v) is 11.5. The molecule has 0 spiro atoms. The molecule has 100 valence electrons. The molecular formula is C15H19N3O. The van der Waals surface area contributed by atoms with Crippen LogP contribution in [0.2, 0.25) is 0 Å². The molecule has 0 aliphatic heterocycles. The van der Waals surface area contributed by atoms with Gasteiger partial charge in [-0.05, 0) is 30.7 Å². The van der Waals surface area contributed by atoms with Gasteiger partial charge in [-0.1, -0.05) is 12.1 Å². The molecule has 0 aliphatic carbocycles. The van der Waals surface area contributed by atoms with Gasteiger partial charge in [0.2, 0.25) is 0 Å². The van der Waals surface area contributed by atoms with Crippen LogP contribution in [0, 0.1) is 0 Å². The molecule has 0 amide bonds. The summed E-state index contributed by atoms with van der Waals surface area (Å²) in [4.78, 5) is 6.44. The molecule has 0 unspecified atom stereocenters. The van der Waals surface area contributed by atoms with Gasteiger partial charge >= 0.3 is 0 Å². The summed E-state index contributed by atoms with van der Waals surface area (Å²) >= 11 is 0. The number of anilines is 2. The van der Waals surface area contributed by atoms with Crippen molar-refractivity contribution in [1.82, 2.24) is 4.98 Å². The van der Waals surface area contributed by atoms with E-state index in [1.807, 2.05) is 61.5 Å². The molecule has 19 heavy (non-hydrogen) atoms. The maximum Gasteiger partial charge on any atom is 0.132 e. The third kappa shape index (κ3) is 3.03. The highest BCUT2D eigenvalue weighted by molar-refractivity contribution is 5.60. The fourth-order valence-electron chi connectivity index (χ4n) is 1.82. The zero-order valence-electron chi connectivity index (χ0n) is 11.5. The predicted molar refractivity (Wildman–Crippen MR) is 77.9 cm³/mol. The molecule has 2 N–H and O–H groups in total. The molecule has 0 saturated heterocycles. The lowest BCUT2D eigenvalue weighted by atomic mass is 10.1. The van der Waals surface area contributed by atoms with Crippen LogP contribution in [-0.2, 0) is 0 Å². The van der Waals surface area contributed by atoms with Crippen LogP contribution in [0.4, 0.5) is 11.5 Å². The van der Waals surface area contributed by atoms with E-state index in [9.17, 15) is 0 Å². The number of ether oxygens (including phenoxy) is 1. The molecule has 2 rings (SSSR count). The summed E-state index contributed by atoms with van der Waals surface area (Å²) in [6.45, 7) is 1.95. The van der Waals surface area contributed by atoms with E-state index in [1.165, 1.54) is 0 Å². The fraction of sp³-hybridized carbons (Fsp3) is 0.267. The number of benzene rings is 1. The Morgan fingerprint density at radius 3 is 2.63 bits per heavy atom. The van der Waals surface area contributed by atoms with Crippen LogP contribution in [0.25, 0.3) is 0 Å². The van der Waals surface area contributed by atoms with Crippen LogP contribution < -0.4 is 15.4 Å². The third-order valence-electron chi connectivity index (χ3n) is 3.08. The number of pyridine rings is 1. The van der Waals surface area contributed by atoms with Gasteiger partial charge in [0.25, 0.3) is 0 Å². The summed E-state index contributed by atoms with van der Waals surface area (Å²) in [5, 5.41) is 0. The summed E-state index contributed by atoms with van der Waals surface area (Å²) in [6.07, 6.45) is 1.82. The number of methoxy groups -OCH3 is 1. The zero-order chi connectivity index (χ0) is 13.8. The molecule has 1 aromatic heterocycles. The largest absolute Gasteiger partial charge is 0.497 e. The monoisotopic (exact) mass is 257 g/mol. The highest BCUT2D eigenvalue weighted by Crippen LogP contribution is 2.25. The molecule has 2 aromatic rings. The van der Waals surface area contributed by atoms with Crippen molar-refractivity contribution in [3.63, 3.8) is 0 Å². The first kappa shape index (κ1) is 13.4. The smallest absolute Gasteiger partial charge is 0.132 e. The minimum atomic E-state index is 0.00340. The Balaban J connectivity index is 2.25. The Morgan fingerprint density at radius 2 is 2.05 bits per heavy atom. The fourth-order valence-corrected chi connectivity index (χ4v) is 1.82. The maximum atomic E-state index is 5.82. The van der Waals surface area contributed by atoms with Gasteiger partial charge in [-0.3, -0.25) is 0 Å². The first-order valence-corrected chi connectivity index (χ1v) is 6.21. The minimum Gasteiger partial charge on any atom is -0.497 e. The average Bonchev–Trinajstić information content (AvgIpc) is 2.46. The van der Waals surface area contributed by atoms with Crippen LogP contribution >= 0.6 is 0 Å². The molecule has 0 aliphatic rings. The SMILES string of the molecule is COc1cccc(N(C)c2ccc([C@@H](C)N)cn2)c1. The van der Waals surface area contributed by atoms with Gasteiger partial charge < -0.3 is 15.4 Å². The highest BCUT2D eigenvalue weighted by atomic mass is 16.5. The normalized spacial score (nSPS) is 12.0. The third-order valence-corrected chi connectivity index (χ3v) is 3.08. The van der Waals surface area contributed by atoms with E-state index in [4.69, 9.17) is 10.5 Å². The lowest BCUT2D eigenvalue weighted by Gasteiger charge is -2.19. The number of hydrogen-bond donors (Lipinski definition) is 1. The molecule has 4 heteroatoms. The van der Waals surface area contributed by atoms with E-state index in [0.717, 1.165) is 22.8 Å². The molecule has 0 bridgehead atoms. The van der Waals surface area contributed by atoms with Crippen molar-refractivity contribution in [2.45, 2.75) is 13.0 Å². The highest BCUT2D eigenvalue weighted by Gasteiger charge is 2.07. The predicted octanol–water partition coefficient (Wildman–Crippen LogP) is 2.88. The Hall–Kier alpha value is -2.07. The lowest BCUT2D eigenvalue weighted by molar-refractivity contribution is 0.415. The van der Waals surface area contributed by atoms with Crippen molar-refractivity contribution in [3.05, 3.63) is 48.2 Å². The minimum absolute atomic E-state index is 0.00340. The van der Waals surface area contributed by atoms with Gasteiger partial charge in [0, 0.05) is 31.0 Å². The molecule has 0 radical (unpaired) electrons. The molecule has 4 nitrogen and oxygen atoms in total. The topological polar surface area (TPSA) is 51.4 Å². The van der Waals surface area contributed by atoms with Gasteiger partial charge in [-0.25, -0.2) is 4.98 Å². The second-order valence-corrected chi connectivity index (χ2v) is 4.50. The van der Waals surface area contributed by atoms with Crippen molar-refractivity contribution >= 4 is 11.5 Å². The van der Waals surface area contributed by atoms with Crippen molar-refractivity contribution in [1.29, 1.82) is 0 Å². The Labute approximate surface area is 113 Å². The van der Waals surface area contributed by atoms with E-state index in [1.54, 1.807) is 7.11 Å². The Kier molecular flexibility index (Phi) is 4.02. The van der Waals surface area contributed by atoms with Gasteiger partial charge in [0.1, 0.15) is 11.6 Å². The quantitative estimate of drug-likeness (QED) is 0.915. The molecule has 1 heterocycles. The standard InChI is InChI=1S/C15H19N3O/c1-11(16)12-7-8-15(17-10-12)18(2)13-5-4-6-14(9-13)19-3/h4-11H,16H2,1-3H3/t11-/m1/s1. The van der Waals surface area contributed by atoms with Crippen LogP contribution in [0.3, 0.4) is 0 Å². The lowest BCUT2D eigenvalue weighted by Crippen LogP contribution is -2.12. The molecular weight excluding hydrogens is 238 g/mol. The van der Waals surface area contributed by atoms with Crippen LogP contribution in [0.1, 0.15) is 18.5 Å². The van der Waals surface area contributed by atoms with E-state index in [-0.39, 0.29) is 6.04 Å². The van der Waals surface area contributed by atoms with Crippen LogP contribution in [0.5, 0.6) is 5.75 Å². The van der Waals surface area contributed by atoms with Gasteiger partial charge in [0.15, 0.2) is 0 Å². The number of rotatable bonds is 4. The maximum absolute atomic E-state index is 5.82.